The average Bonchev–Trinajstić information content (AvgIpc) is 2.09. The number of thiazole rings is 1. The Kier molecular flexibility index (Phi) is 2.24. The molecule has 0 saturated heterocycles. The van der Waals surface area contributed by atoms with Gasteiger partial charge in [0.1, 0.15) is 0 Å². The number of primary amides is 1. The Bertz CT molecular complexity index is 280. The lowest BCUT2D eigenvalue weighted by atomic mass is 10.3. The van der Waals surface area contributed by atoms with Gasteiger partial charge in [0.2, 0.25) is 5.91 Å². The third-order valence-electron chi connectivity index (χ3n) is 1.34. The molecule has 1 amide bonds. The van der Waals surface area contributed by atoms with E-state index in [-0.39, 0.29) is 12.3 Å². The molecule has 1 aromatic heterocycles. The Morgan fingerprint density at radius 2 is 2.27 bits per heavy atom. The maximum atomic E-state index is 10.5. The summed E-state index contributed by atoms with van der Waals surface area (Å²) in [5.74, 6) is -0.321. The van der Waals surface area contributed by atoms with Gasteiger partial charge in [-0.1, -0.05) is 0 Å². The van der Waals surface area contributed by atoms with E-state index in [4.69, 9.17) is 5.73 Å². The molecule has 1 heterocycles. The van der Waals surface area contributed by atoms with Crippen LogP contribution in [0.5, 0.6) is 0 Å². The minimum Gasteiger partial charge on any atom is -0.369 e. The van der Waals surface area contributed by atoms with Crippen molar-refractivity contribution in [3.8, 4) is 0 Å². The molecular weight excluding hydrogens is 160 g/mol. The lowest BCUT2D eigenvalue weighted by Gasteiger charge is -1.90. The van der Waals surface area contributed by atoms with Crippen molar-refractivity contribution in [2.24, 2.45) is 5.73 Å². The van der Waals surface area contributed by atoms with Gasteiger partial charge in [-0.25, -0.2) is 4.98 Å². The van der Waals surface area contributed by atoms with Crippen LogP contribution in [0.2, 0.25) is 0 Å². The second-order valence-electron chi connectivity index (χ2n) is 2.38. The van der Waals surface area contributed by atoms with Crippen LogP contribution >= 0.6 is 11.3 Å². The van der Waals surface area contributed by atoms with E-state index in [2.05, 4.69) is 4.98 Å². The van der Waals surface area contributed by atoms with Gasteiger partial charge in [-0.05, 0) is 13.8 Å². The first kappa shape index (κ1) is 8.20. The minimum absolute atomic E-state index is 0.260. The molecule has 0 atom stereocenters. The Morgan fingerprint density at radius 3 is 2.64 bits per heavy atom. The predicted molar refractivity (Wildman–Crippen MR) is 44.5 cm³/mol. The molecule has 0 unspecified atom stereocenters. The molecule has 4 heteroatoms. The third-order valence-corrected chi connectivity index (χ3v) is 2.27. The lowest BCUT2D eigenvalue weighted by Crippen LogP contribution is -2.14. The van der Waals surface area contributed by atoms with Gasteiger partial charge in [-0.3, -0.25) is 4.79 Å². The van der Waals surface area contributed by atoms with E-state index < -0.39 is 0 Å². The summed E-state index contributed by atoms with van der Waals surface area (Å²) in [7, 11) is 0. The Hall–Kier alpha value is -0.900. The number of carbonyl (C=O) groups is 1. The van der Waals surface area contributed by atoms with Gasteiger partial charge in [-0.15, -0.1) is 11.3 Å². The van der Waals surface area contributed by atoms with Gasteiger partial charge in [-0.2, -0.15) is 0 Å². The summed E-state index contributed by atoms with van der Waals surface area (Å²) < 4.78 is 0. The maximum absolute atomic E-state index is 10.5. The molecule has 0 radical (unpaired) electrons. The maximum Gasteiger partial charge on any atom is 0.223 e. The molecule has 11 heavy (non-hydrogen) atoms. The Morgan fingerprint density at radius 1 is 1.64 bits per heavy atom. The van der Waals surface area contributed by atoms with Crippen molar-refractivity contribution in [3.63, 3.8) is 0 Å². The fourth-order valence-corrected chi connectivity index (χ4v) is 1.74. The van der Waals surface area contributed by atoms with E-state index in [9.17, 15) is 4.79 Å². The molecule has 2 N–H and O–H groups in total. The highest BCUT2D eigenvalue weighted by Crippen LogP contribution is 2.16. The fraction of sp³-hybridized carbons (Fsp3) is 0.429. The summed E-state index contributed by atoms with van der Waals surface area (Å²) in [4.78, 5) is 15.8. The monoisotopic (exact) mass is 170 g/mol. The summed E-state index contributed by atoms with van der Waals surface area (Å²) in [5, 5.41) is 0.985. The first-order chi connectivity index (χ1) is 5.09. The van der Waals surface area contributed by atoms with Gasteiger partial charge >= 0.3 is 0 Å². The molecular formula is C7H10N2OS. The zero-order valence-corrected chi connectivity index (χ0v) is 7.36. The van der Waals surface area contributed by atoms with Crippen LogP contribution in [-0.2, 0) is 11.2 Å². The van der Waals surface area contributed by atoms with Crippen molar-refractivity contribution in [2.45, 2.75) is 20.3 Å². The molecule has 0 aliphatic carbocycles. The van der Waals surface area contributed by atoms with Crippen molar-refractivity contribution < 1.29 is 4.79 Å². The van der Waals surface area contributed by atoms with Gasteiger partial charge in [0, 0.05) is 4.88 Å². The standard InChI is InChI=1S/C7H10N2OS/c1-4-6(3-7(8)10)9-5(2)11-4/h3H2,1-2H3,(H2,8,10). The second-order valence-corrected chi connectivity index (χ2v) is 3.79. The van der Waals surface area contributed by atoms with Crippen LogP contribution in [0.25, 0.3) is 0 Å². The summed E-state index contributed by atoms with van der Waals surface area (Å²) in [6, 6.07) is 0. The molecule has 3 nitrogen and oxygen atoms in total. The van der Waals surface area contributed by atoms with Crippen LogP contribution in [0, 0.1) is 13.8 Å². The van der Waals surface area contributed by atoms with E-state index in [0.29, 0.717) is 0 Å². The highest BCUT2D eigenvalue weighted by atomic mass is 32.1. The van der Waals surface area contributed by atoms with Crippen LogP contribution in [0.4, 0.5) is 0 Å². The first-order valence-electron chi connectivity index (χ1n) is 3.31. The summed E-state index contributed by atoms with van der Waals surface area (Å²) >= 11 is 1.59. The Labute approximate surface area is 69.3 Å². The van der Waals surface area contributed by atoms with Crippen molar-refractivity contribution >= 4 is 17.2 Å². The number of hydrogen-bond acceptors (Lipinski definition) is 3. The van der Waals surface area contributed by atoms with Crippen molar-refractivity contribution in [1.29, 1.82) is 0 Å². The minimum atomic E-state index is -0.321. The molecule has 1 rings (SSSR count). The van der Waals surface area contributed by atoms with E-state index in [1.54, 1.807) is 11.3 Å². The van der Waals surface area contributed by atoms with Crippen molar-refractivity contribution in [2.75, 3.05) is 0 Å². The van der Waals surface area contributed by atoms with Gasteiger partial charge in [0.25, 0.3) is 0 Å². The number of hydrogen-bond donors (Lipinski definition) is 1. The predicted octanol–water partition coefficient (Wildman–Crippen LogP) is 0.788. The number of aryl methyl sites for hydroxylation is 2. The summed E-state index contributed by atoms with van der Waals surface area (Å²) in [6.45, 7) is 3.87. The SMILES string of the molecule is Cc1nc(CC(N)=O)c(C)s1. The molecule has 0 aliphatic heterocycles. The number of rotatable bonds is 2. The smallest absolute Gasteiger partial charge is 0.223 e. The van der Waals surface area contributed by atoms with Gasteiger partial charge in [0.05, 0.1) is 17.1 Å². The summed E-state index contributed by atoms with van der Waals surface area (Å²) in [5.41, 5.74) is 5.85. The van der Waals surface area contributed by atoms with Crippen LogP contribution in [-0.4, -0.2) is 10.9 Å². The summed E-state index contributed by atoms with van der Waals surface area (Å²) in [6.07, 6.45) is 0.260. The normalized spacial score (nSPS) is 10.0. The molecule has 1 aromatic rings. The molecule has 0 aromatic carbocycles. The second kappa shape index (κ2) is 3.00. The Balaban J connectivity index is 2.85. The number of nitrogens with zero attached hydrogens (tertiary/aromatic N) is 1. The van der Waals surface area contributed by atoms with E-state index in [1.165, 1.54) is 0 Å². The third kappa shape index (κ3) is 2.01. The molecule has 0 spiro atoms. The van der Waals surface area contributed by atoms with E-state index in [1.807, 2.05) is 13.8 Å². The van der Waals surface area contributed by atoms with E-state index in [0.717, 1.165) is 15.6 Å². The number of amides is 1. The number of aromatic nitrogens is 1. The fourth-order valence-electron chi connectivity index (χ4n) is 0.901. The zero-order chi connectivity index (χ0) is 8.43. The quantitative estimate of drug-likeness (QED) is 0.713. The molecule has 0 saturated carbocycles. The van der Waals surface area contributed by atoms with Gasteiger partial charge < -0.3 is 5.73 Å². The van der Waals surface area contributed by atoms with Crippen LogP contribution in [0.1, 0.15) is 15.6 Å². The number of nitrogens with two attached hydrogens (primary N) is 1. The average molecular weight is 170 g/mol. The van der Waals surface area contributed by atoms with Crippen LogP contribution in [0.3, 0.4) is 0 Å². The van der Waals surface area contributed by atoms with E-state index >= 15 is 0 Å². The zero-order valence-electron chi connectivity index (χ0n) is 6.55. The first-order valence-corrected chi connectivity index (χ1v) is 4.12. The molecule has 0 bridgehead atoms. The molecule has 0 fully saturated rings. The highest BCUT2D eigenvalue weighted by Gasteiger charge is 2.06. The largest absolute Gasteiger partial charge is 0.369 e. The highest BCUT2D eigenvalue weighted by molar-refractivity contribution is 7.11. The number of carbonyl (C=O) groups excluding carboxylic acids is 1. The molecule has 0 aliphatic rings. The van der Waals surface area contributed by atoms with Crippen LogP contribution < -0.4 is 5.73 Å². The van der Waals surface area contributed by atoms with Crippen molar-refractivity contribution in [1.82, 2.24) is 4.98 Å². The van der Waals surface area contributed by atoms with Gasteiger partial charge in [0.15, 0.2) is 0 Å². The molecule has 60 valence electrons. The topological polar surface area (TPSA) is 56.0 Å². The van der Waals surface area contributed by atoms with Crippen LogP contribution in [0.15, 0.2) is 0 Å². The van der Waals surface area contributed by atoms with Crippen molar-refractivity contribution in [3.05, 3.63) is 15.6 Å². The lowest BCUT2D eigenvalue weighted by molar-refractivity contribution is -0.117.